The second-order valence-electron chi connectivity index (χ2n) is 4.06. The molecule has 0 spiro atoms. The topological polar surface area (TPSA) is 64.9 Å². The third-order valence-electron chi connectivity index (χ3n) is 2.76. The number of thiophene rings is 1. The van der Waals surface area contributed by atoms with Crippen molar-refractivity contribution < 1.29 is 4.52 Å². The van der Waals surface area contributed by atoms with Crippen molar-refractivity contribution in [3.05, 3.63) is 39.7 Å². The van der Waals surface area contributed by atoms with Gasteiger partial charge in [0.15, 0.2) is 0 Å². The second kappa shape index (κ2) is 4.79. The maximum absolute atomic E-state index is 5.99. The molecule has 0 aliphatic rings. The fourth-order valence-electron chi connectivity index (χ4n) is 1.69. The minimum absolute atomic E-state index is 0.460. The third kappa shape index (κ3) is 2.17. The van der Waals surface area contributed by atoms with E-state index in [1.165, 1.54) is 11.3 Å². The zero-order valence-corrected chi connectivity index (χ0v) is 12.5. The number of hydrogen-bond acceptors (Lipinski definition) is 5. The van der Waals surface area contributed by atoms with E-state index in [0.717, 1.165) is 20.5 Å². The SMILES string of the molecule is Cc1csc(-c2nc(-c3ccccc3Br)no2)c1N. The number of nitrogens with zero attached hydrogens (tertiary/aromatic N) is 2. The molecule has 3 rings (SSSR count). The van der Waals surface area contributed by atoms with E-state index < -0.39 is 0 Å². The molecule has 0 aliphatic heterocycles. The lowest BCUT2D eigenvalue weighted by atomic mass is 10.2. The molecule has 2 aromatic heterocycles. The summed E-state index contributed by atoms with van der Waals surface area (Å²) in [6, 6.07) is 7.74. The van der Waals surface area contributed by atoms with Crippen molar-refractivity contribution in [1.82, 2.24) is 10.1 Å². The van der Waals surface area contributed by atoms with Crippen molar-refractivity contribution in [2.45, 2.75) is 6.92 Å². The standard InChI is InChI=1S/C13H10BrN3OS/c1-7-6-19-11(10(7)15)13-16-12(17-18-13)8-4-2-3-5-9(8)14/h2-6H,15H2,1H3. The number of anilines is 1. The summed E-state index contributed by atoms with van der Waals surface area (Å²) in [6.45, 7) is 1.96. The fourth-order valence-corrected chi connectivity index (χ4v) is 3.04. The molecule has 0 radical (unpaired) electrons. The number of hydrogen-bond donors (Lipinski definition) is 1. The van der Waals surface area contributed by atoms with Crippen LogP contribution in [0.2, 0.25) is 0 Å². The zero-order chi connectivity index (χ0) is 13.4. The fraction of sp³-hybridized carbons (Fsp3) is 0.0769. The van der Waals surface area contributed by atoms with Crippen molar-refractivity contribution >= 4 is 33.0 Å². The van der Waals surface area contributed by atoms with Gasteiger partial charge in [0, 0.05) is 10.0 Å². The van der Waals surface area contributed by atoms with Crippen LogP contribution < -0.4 is 5.73 Å². The molecule has 0 aliphatic carbocycles. The molecule has 6 heteroatoms. The number of aryl methyl sites for hydroxylation is 1. The molecular weight excluding hydrogens is 326 g/mol. The highest BCUT2D eigenvalue weighted by Gasteiger charge is 2.16. The molecule has 0 amide bonds. The lowest BCUT2D eigenvalue weighted by Crippen LogP contribution is -1.87. The van der Waals surface area contributed by atoms with E-state index in [1.54, 1.807) is 0 Å². The number of nitrogens with two attached hydrogens (primary N) is 1. The maximum Gasteiger partial charge on any atom is 0.270 e. The Morgan fingerprint density at radius 3 is 2.79 bits per heavy atom. The summed E-state index contributed by atoms with van der Waals surface area (Å²) in [5, 5.41) is 5.99. The van der Waals surface area contributed by atoms with Crippen LogP contribution in [0.25, 0.3) is 22.2 Å². The van der Waals surface area contributed by atoms with Crippen molar-refractivity contribution in [1.29, 1.82) is 0 Å². The maximum atomic E-state index is 5.99. The van der Waals surface area contributed by atoms with Crippen LogP contribution in [-0.4, -0.2) is 10.1 Å². The minimum Gasteiger partial charge on any atom is -0.397 e. The van der Waals surface area contributed by atoms with Gasteiger partial charge < -0.3 is 10.3 Å². The van der Waals surface area contributed by atoms with Gasteiger partial charge in [-0.25, -0.2) is 0 Å². The Morgan fingerprint density at radius 1 is 1.32 bits per heavy atom. The van der Waals surface area contributed by atoms with Gasteiger partial charge >= 0.3 is 0 Å². The molecule has 0 unspecified atom stereocenters. The van der Waals surface area contributed by atoms with E-state index in [2.05, 4.69) is 26.1 Å². The minimum atomic E-state index is 0.460. The van der Waals surface area contributed by atoms with Gasteiger partial charge in [-0.3, -0.25) is 0 Å². The van der Waals surface area contributed by atoms with Gasteiger partial charge in [-0.05, 0) is 30.0 Å². The predicted molar refractivity (Wildman–Crippen MR) is 79.9 cm³/mol. The number of aromatic nitrogens is 2. The van der Waals surface area contributed by atoms with Gasteiger partial charge in [-0.1, -0.05) is 33.2 Å². The first-order valence-corrected chi connectivity index (χ1v) is 7.26. The summed E-state index contributed by atoms with van der Waals surface area (Å²) in [6.07, 6.45) is 0. The van der Waals surface area contributed by atoms with Crippen LogP contribution in [0.15, 0.2) is 38.6 Å². The highest BCUT2D eigenvalue weighted by Crippen LogP contribution is 2.35. The van der Waals surface area contributed by atoms with Gasteiger partial charge in [0.1, 0.15) is 4.88 Å². The van der Waals surface area contributed by atoms with Crippen molar-refractivity contribution in [2.24, 2.45) is 0 Å². The Balaban J connectivity index is 2.05. The van der Waals surface area contributed by atoms with Crippen LogP contribution >= 0.6 is 27.3 Å². The van der Waals surface area contributed by atoms with E-state index in [1.807, 2.05) is 36.6 Å². The highest BCUT2D eigenvalue weighted by molar-refractivity contribution is 9.10. The van der Waals surface area contributed by atoms with Crippen LogP contribution in [0.4, 0.5) is 5.69 Å². The van der Waals surface area contributed by atoms with E-state index in [9.17, 15) is 0 Å². The Labute approximate surface area is 122 Å². The van der Waals surface area contributed by atoms with Crippen LogP contribution in [0.1, 0.15) is 5.56 Å². The first-order valence-electron chi connectivity index (χ1n) is 5.59. The Kier molecular flexibility index (Phi) is 3.12. The summed E-state index contributed by atoms with van der Waals surface area (Å²) < 4.78 is 6.23. The molecule has 2 N–H and O–H groups in total. The molecule has 3 aromatic rings. The first-order chi connectivity index (χ1) is 9.16. The van der Waals surface area contributed by atoms with Crippen LogP contribution in [-0.2, 0) is 0 Å². The van der Waals surface area contributed by atoms with Crippen molar-refractivity contribution in [3.63, 3.8) is 0 Å². The summed E-state index contributed by atoms with van der Waals surface area (Å²) in [7, 11) is 0. The Morgan fingerprint density at radius 2 is 2.11 bits per heavy atom. The lowest BCUT2D eigenvalue weighted by Gasteiger charge is -1.96. The van der Waals surface area contributed by atoms with E-state index >= 15 is 0 Å². The van der Waals surface area contributed by atoms with E-state index in [0.29, 0.717) is 17.4 Å². The van der Waals surface area contributed by atoms with Gasteiger partial charge in [0.2, 0.25) is 5.82 Å². The van der Waals surface area contributed by atoms with Gasteiger partial charge in [-0.15, -0.1) is 11.3 Å². The molecule has 0 atom stereocenters. The van der Waals surface area contributed by atoms with Crippen LogP contribution in [0.3, 0.4) is 0 Å². The van der Waals surface area contributed by atoms with E-state index in [-0.39, 0.29) is 0 Å². The molecule has 0 saturated heterocycles. The first kappa shape index (κ1) is 12.4. The largest absolute Gasteiger partial charge is 0.397 e. The van der Waals surface area contributed by atoms with Gasteiger partial charge in [0.25, 0.3) is 5.89 Å². The monoisotopic (exact) mass is 335 g/mol. The molecule has 2 heterocycles. The number of benzene rings is 1. The Hall–Kier alpha value is -1.66. The lowest BCUT2D eigenvalue weighted by molar-refractivity contribution is 0.433. The summed E-state index contributed by atoms with van der Waals surface area (Å²) >= 11 is 4.98. The smallest absolute Gasteiger partial charge is 0.270 e. The average molecular weight is 336 g/mol. The second-order valence-corrected chi connectivity index (χ2v) is 5.80. The van der Waals surface area contributed by atoms with Crippen LogP contribution in [0, 0.1) is 6.92 Å². The summed E-state index contributed by atoms with van der Waals surface area (Å²) in [4.78, 5) is 5.23. The third-order valence-corrected chi connectivity index (χ3v) is 4.55. The molecule has 1 aromatic carbocycles. The molecular formula is C13H10BrN3OS. The quantitative estimate of drug-likeness (QED) is 0.765. The summed E-state index contributed by atoms with van der Waals surface area (Å²) in [5.74, 6) is 1.01. The highest BCUT2D eigenvalue weighted by atomic mass is 79.9. The van der Waals surface area contributed by atoms with Crippen molar-refractivity contribution in [3.8, 4) is 22.2 Å². The number of rotatable bonds is 2. The molecule has 4 nitrogen and oxygen atoms in total. The number of halogens is 1. The predicted octanol–water partition coefficient (Wildman–Crippen LogP) is 4.12. The van der Waals surface area contributed by atoms with Crippen LogP contribution in [0.5, 0.6) is 0 Å². The van der Waals surface area contributed by atoms with Crippen molar-refractivity contribution in [2.75, 3.05) is 5.73 Å². The normalized spacial score (nSPS) is 10.8. The molecule has 19 heavy (non-hydrogen) atoms. The van der Waals surface area contributed by atoms with Gasteiger partial charge in [-0.2, -0.15) is 4.98 Å². The number of nitrogen functional groups attached to an aromatic ring is 1. The van der Waals surface area contributed by atoms with E-state index in [4.69, 9.17) is 10.3 Å². The molecule has 0 saturated carbocycles. The average Bonchev–Trinajstić information content (AvgIpc) is 2.99. The molecule has 96 valence electrons. The zero-order valence-electron chi connectivity index (χ0n) is 10.1. The summed E-state index contributed by atoms with van der Waals surface area (Å²) in [5.41, 5.74) is 8.61. The Bertz CT molecular complexity index is 735. The molecule has 0 bridgehead atoms. The van der Waals surface area contributed by atoms with Gasteiger partial charge in [0.05, 0.1) is 5.69 Å². The molecule has 0 fully saturated rings.